The van der Waals surface area contributed by atoms with Crippen molar-refractivity contribution >= 4 is 39.3 Å². The van der Waals surface area contributed by atoms with Crippen LogP contribution in [0.1, 0.15) is 19.8 Å². The van der Waals surface area contributed by atoms with Crippen molar-refractivity contribution in [1.29, 1.82) is 0 Å². The van der Waals surface area contributed by atoms with Crippen LogP contribution in [0.3, 0.4) is 0 Å². The van der Waals surface area contributed by atoms with Gasteiger partial charge in [0.15, 0.2) is 5.16 Å². The van der Waals surface area contributed by atoms with E-state index >= 15 is 0 Å². The van der Waals surface area contributed by atoms with E-state index in [1.165, 1.54) is 23.1 Å². The summed E-state index contributed by atoms with van der Waals surface area (Å²) < 4.78 is 6.51. The molecule has 0 atom stereocenters. The number of fused-ring (bicyclic) bond motifs is 1. The second kappa shape index (κ2) is 8.14. The van der Waals surface area contributed by atoms with E-state index in [0.717, 1.165) is 4.83 Å². The van der Waals surface area contributed by atoms with Crippen LogP contribution in [-0.2, 0) is 16.1 Å². The molecule has 2 aromatic heterocycles. The lowest BCUT2D eigenvalue weighted by molar-refractivity contribution is -0.143. The molecule has 2 rings (SSSR count). The molecule has 0 aliphatic carbocycles. The summed E-state index contributed by atoms with van der Waals surface area (Å²) in [5.74, 6) is 0.521. The molecule has 0 N–H and O–H groups in total. The summed E-state index contributed by atoms with van der Waals surface area (Å²) in [5, 5.41) is 3.18. The second-order valence-corrected chi connectivity index (χ2v) is 6.45. The predicted octanol–water partition coefficient (Wildman–Crippen LogP) is 3.08. The highest BCUT2D eigenvalue weighted by Gasteiger charge is 2.12. The molecule has 0 amide bonds. The molecule has 118 valence electrons. The van der Waals surface area contributed by atoms with E-state index in [4.69, 9.17) is 4.74 Å². The SMILES string of the molecule is C=CCn1c(SCCCC(=O)OCC)nc2sccc2c1=O. The van der Waals surface area contributed by atoms with Gasteiger partial charge in [-0.2, -0.15) is 0 Å². The highest BCUT2D eigenvalue weighted by Crippen LogP contribution is 2.22. The maximum atomic E-state index is 12.4. The zero-order chi connectivity index (χ0) is 15.9. The molecule has 0 aliphatic heterocycles. The van der Waals surface area contributed by atoms with Gasteiger partial charge in [-0.15, -0.1) is 17.9 Å². The Morgan fingerprint density at radius 3 is 3.14 bits per heavy atom. The van der Waals surface area contributed by atoms with Gasteiger partial charge < -0.3 is 4.74 Å². The number of allylic oxidation sites excluding steroid dienone is 1. The van der Waals surface area contributed by atoms with Crippen molar-refractivity contribution < 1.29 is 9.53 Å². The number of thioether (sulfide) groups is 1. The van der Waals surface area contributed by atoms with Crippen molar-refractivity contribution in [3.05, 3.63) is 34.5 Å². The van der Waals surface area contributed by atoms with E-state index in [0.29, 0.717) is 42.3 Å². The molecular weight excluding hydrogens is 320 g/mol. The minimum absolute atomic E-state index is 0.0426. The summed E-state index contributed by atoms with van der Waals surface area (Å²) in [4.78, 5) is 29.0. The Bertz CT molecular complexity index is 721. The Balaban J connectivity index is 2.09. The lowest BCUT2D eigenvalue weighted by Gasteiger charge is -2.09. The molecule has 0 saturated heterocycles. The van der Waals surface area contributed by atoms with E-state index in [9.17, 15) is 9.59 Å². The maximum Gasteiger partial charge on any atom is 0.305 e. The summed E-state index contributed by atoms with van der Waals surface area (Å²) in [6.45, 7) is 6.32. The monoisotopic (exact) mass is 338 g/mol. The van der Waals surface area contributed by atoms with Crippen molar-refractivity contribution in [1.82, 2.24) is 9.55 Å². The van der Waals surface area contributed by atoms with Gasteiger partial charge in [0.25, 0.3) is 5.56 Å². The normalized spacial score (nSPS) is 10.8. The van der Waals surface area contributed by atoms with E-state index in [-0.39, 0.29) is 11.5 Å². The Morgan fingerprint density at radius 2 is 2.41 bits per heavy atom. The maximum absolute atomic E-state index is 12.4. The molecule has 2 aromatic rings. The zero-order valence-electron chi connectivity index (χ0n) is 12.4. The van der Waals surface area contributed by atoms with Crippen molar-refractivity contribution in [3.63, 3.8) is 0 Å². The summed E-state index contributed by atoms with van der Waals surface area (Å²) in [7, 11) is 0. The minimum atomic E-state index is -0.187. The average molecular weight is 338 g/mol. The number of carbonyl (C=O) groups is 1. The number of hydrogen-bond donors (Lipinski definition) is 0. The van der Waals surface area contributed by atoms with Gasteiger partial charge in [-0.3, -0.25) is 14.2 Å². The van der Waals surface area contributed by atoms with Crippen molar-refractivity contribution in [2.24, 2.45) is 0 Å². The Hall–Kier alpha value is -1.60. The third kappa shape index (κ3) is 3.98. The number of nitrogens with zero attached hydrogens (tertiary/aromatic N) is 2. The molecule has 0 fully saturated rings. The van der Waals surface area contributed by atoms with Crippen LogP contribution in [0, 0.1) is 0 Å². The molecular formula is C15H18N2O3S2. The van der Waals surface area contributed by atoms with Crippen LogP contribution >= 0.6 is 23.1 Å². The smallest absolute Gasteiger partial charge is 0.305 e. The Labute approximate surface area is 137 Å². The summed E-state index contributed by atoms with van der Waals surface area (Å²) in [5.41, 5.74) is -0.0426. The van der Waals surface area contributed by atoms with Crippen LogP contribution in [0.4, 0.5) is 0 Å². The fourth-order valence-electron chi connectivity index (χ4n) is 1.94. The molecule has 0 saturated carbocycles. The Morgan fingerprint density at radius 1 is 1.59 bits per heavy atom. The number of thiophene rings is 1. The van der Waals surface area contributed by atoms with Gasteiger partial charge in [0.1, 0.15) is 4.83 Å². The molecule has 2 heterocycles. The number of carbonyl (C=O) groups excluding carboxylic acids is 1. The van der Waals surface area contributed by atoms with Crippen LogP contribution in [-0.4, -0.2) is 27.9 Å². The fraction of sp³-hybridized carbons (Fsp3) is 0.400. The molecule has 22 heavy (non-hydrogen) atoms. The Kier molecular flexibility index (Phi) is 6.21. The third-order valence-corrected chi connectivity index (χ3v) is 4.79. The van der Waals surface area contributed by atoms with Gasteiger partial charge in [0.05, 0.1) is 12.0 Å². The zero-order valence-corrected chi connectivity index (χ0v) is 14.0. The molecule has 0 aromatic carbocycles. The molecule has 0 spiro atoms. The lowest BCUT2D eigenvalue weighted by atomic mass is 10.3. The summed E-state index contributed by atoms with van der Waals surface area (Å²) in [6.07, 6.45) is 2.76. The molecule has 0 radical (unpaired) electrons. The first-order valence-corrected chi connectivity index (χ1v) is 8.91. The largest absolute Gasteiger partial charge is 0.466 e. The summed E-state index contributed by atoms with van der Waals surface area (Å²) in [6, 6.07) is 1.80. The van der Waals surface area contributed by atoms with Gasteiger partial charge in [0, 0.05) is 18.7 Å². The van der Waals surface area contributed by atoms with Crippen LogP contribution < -0.4 is 5.56 Å². The number of aromatic nitrogens is 2. The highest BCUT2D eigenvalue weighted by atomic mass is 32.2. The molecule has 0 bridgehead atoms. The number of ether oxygens (including phenoxy) is 1. The molecule has 0 unspecified atom stereocenters. The molecule has 0 aliphatic rings. The first-order valence-electron chi connectivity index (χ1n) is 7.04. The van der Waals surface area contributed by atoms with Gasteiger partial charge in [-0.1, -0.05) is 17.8 Å². The molecule has 5 nitrogen and oxygen atoms in total. The molecule has 7 heteroatoms. The first-order chi connectivity index (χ1) is 10.7. The van der Waals surface area contributed by atoms with Gasteiger partial charge >= 0.3 is 5.97 Å². The topological polar surface area (TPSA) is 61.2 Å². The van der Waals surface area contributed by atoms with E-state index in [1.54, 1.807) is 23.6 Å². The number of rotatable bonds is 8. The van der Waals surface area contributed by atoms with E-state index in [2.05, 4.69) is 11.6 Å². The average Bonchev–Trinajstić information content (AvgIpc) is 2.96. The van der Waals surface area contributed by atoms with Crippen molar-refractivity contribution in [2.75, 3.05) is 12.4 Å². The lowest BCUT2D eigenvalue weighted by Crippen LogP contribution is -2.22. The highest BCUT2D eigenvalue weighted by molar-refractivity contribution is 7.99. The number of hydrogen-bond acceptors (Lipinski definition) is 6. The quantitative estimate of drug-likeness (QED) is 0.243. The third-order valence-electron chi connectivity index (χ3n) is 2.92. The second-order valence-electron chi connectivity index (χ2n) is 4.50. The van der Waals surface area contributed by atoms with E-state index < -0.39 is 0 Å². The standard InChI is InChI=1S/C15H18N2O3S2/c1-3-8-17-14(19)11-7-10-21-13(11)16-15(17)22-9-5-6-12(18)20-4-2/h3,7,10H,1,4-6,8-9H2,2H3. The minimum Gasteiger partial charge on any atom is -0.466 e. The van der Waals surface area contributed by atoms with Gasteiger partial charge in [0.2, 0.25) is 0 Å². The summed E-state index contributed by atoms with van der Waals surface area (Å²) >= 11 is 2.94. The van der Waals surface area contributed by atoms with Gasteiger partial charge in [-0.05, 0) is 24.8 Å². The van der Waals surface area contributed by atoms with Crippen LogP contribution in [0.2, 0.25) is 0 Å². The van der Waals surface area contributed by atoms with Crippen LogP contribution in [0.5, 0.6) is 0 Å². The van der Waals surface area contributed by atoms with Crippen molar-refractivity contribution in [2.45, 2.75) is 31.5 Å². The van der Waals surface area contributed by atoms with Crippen LogP contribution in [0.15, 0.2) is 34.1 Å². The fourth-order valence-corrected chi connectivity index (χ4v) is 3.70. The number of esters is 1. The van der Waals surface area contributed by atoms with Crippen molar-refractivity contribution in [3.8, 4) is 0 Å². The van der Waals surface area contributed by atoms with Gasteiger partial charge in [-0.25, -0.2) is 4.98 Å². The predicted molar refractivity (Wildman–Crippen MR) is 90.7 cm³/mol. The first kappa shape index (κ1) is 16.8. The van der Waals surface area contributed by atoms with E-state index in [1.807, 2.05) is 5.38 Å². The van der Waals surface area contributed by atoms with Crippen LogP contribution in [0.25, 0.3) is 10.2 Å².